The average molecular weight is 229 g/mol. The quantitative estimate of drug-likeness (QED) is 0.454. The molecule has 1 aliphatic heterocycles. The summed E-state index contributed by atoms with van der Waals surface area (Å²) in [5.41, 5.74) is -0.335. The summed E-state index contributed by atoms with van der Waals surface area (Å²) in [6, 6.07) is -0.276. The van der Waals surface area contributed by atoms with Gasteiger partial charge in [0, 0.05) is 12.1 Å². The SMILES string of the molecule is CN1SNC(c2n[nH]c(=O)[nH]2)CC1C=O. The minimum Gasteiger partial charge on any atom is -0.302 e. The van der Waals surface area contributed by atoms with Crippen molar-refractivity contribution in [2.24, 2.45) is 0 Å². The molecule has 2 atom stereocenters. The van der Waals surface area contributed by atoms with Crippen LogP contribution in [0.25, 0.3) is 0 Å². The summed E-state index contributed by atoms with van der Waals surface area (Å²) < 4.78 is 4.92. The summed E-state index contributed by atoms with van der Waals surface area (Å²) in [6.07, 6.45) is 1.49. The number of carbonyl (C=O) groups excluding carboxylic acids is 1. The van der Waals surface area contributed by atoms with Gasteiger partial charge in [-0.25, -0.2) is 18.9 Å². The van der Waals surface area contributed by atoms with Crippen molar-refractivity contribution >= 4 is 18.4 Å². The molecule has 3 N–H and O–H groups in total. The highest BCUT2D eigenvalue weighted by molar-refractivity contribution is 7.95. The molecule has 1 aromatic heterocycles. The van der Waals surface area contributed by atoms with E-state index >= 15 is 0 Å². The Kier molecular flexibility index (Phi) is 2.89. The highest BCUT2D eigenvalue weighted by Gasteiger charge is 2.28. The first-order valence-electron chi connectivity index (χ1n) is 4.46. The van der Waals surface area contributed by atoms with Crippen molar-refractivity contribution < 1.29 is 4.79 Å². The molecule has 0 aliphatic carbocycles. The molecule has 1 saturated heterocycles. The third kappa shape index (κ3) is 2.11. The van der Waals surface area contributed by atoms with Gasteiger partial charge in [0.05, 0.1) is 12.1 Å². The average Bonchev–Trinajstić information content (AvgIpc) is 2.66. The van der Waals surface area contributed by atoms with E-state index in [4.69, 9.17) is 0 Å². The van der Waals surface area contributed by atoms with Crippen LogP contribution in [0.15, 0.2) is 4.79 Å². The number of carbonyl (C=O) groups is 1. The molecule has 7 nitrogen and oxygen atoms in total. The fraction of sp³-hybridized carbons (Fsp3) is 0.571. The van der Waals surface area contributed by atoms with E-state index in [0.29, 0.717) is 12.2 Å². The summed E-state index contributed by atoms with van der Waals surface area (Å²) in [6.45, 7) is 0. The number of H-pyrrole nitrogens is 2. The summed E-state index contributed by atoms with van der Waals surface area (Å²) >= 11 is 1.34. The molecular formula is C7H11N5O2S. The van der Waals surface area contributed by atoms with Gasteiger partial charge in [-0.15, -0.1) is 0 Å². The van der Waals surface area contributed by atoms with Crippen LogP contribution in [0.3, 0.4) is 0 Å². The number of hydrogen-bond donors (Lipinski definition) is 3. The van der Waals surface area contributed by atoms with Crippen LogP contribution in [0.5, 0.6) is 0 Å². The number of aldehydes is 1. The lowest BCUT2D eigenvalue weighted by atomic mass is 10.1. The summed E-state index contributed by atoms with van der Waals surface area (Å²) in [4.78, 5) is 24.2. The number of likely N-dealkylation sites (N-methyl/N-ethyl adjacent to an activating group) is 1. The maximum Gasteiger partial charge on any atom is 0.340 e. The Bertz CT molecular complexity index is 402. The van der Waals surface area contributed by atoms with Gasteiger partial charge in [-0.1, -0.05) is 0 Å². The van der Waals surface area contributed by atoms with Crippen LogP contribution in [-0.2, 0) is 4.79 Å². The van der Waals surface area contributed by atoms with Gasteiger partial charge in [-0.2, -0.15) is 5.10 Å². The number of nitrogens with one attached hydrogen (secondary N) is 3. The molecule has 0 saturated carbocycles. The Balaban J connectivity index is 2.12. The van der Waals surface area contributed by atoms with E-state index in [-0.39, 0.29) is 17.8 Å². The number of nitrogens with zero attached hydrogens (tertiary/aromatic N) is 2. The minimum absolute atomic E-state index is 0.111. The first kappa shape index (κ1) is 10.4. The maximum absolute atomic E-state index is 10.9. The summed E-state index contributed by atoms with van der Waals surface area (Å²) in [5.74, 6) is 0.535. The van der Waals surface area contributed by atoms with Gasteiger partial charge >= 0.3 is 5.69 Å². The second kappa shape index (κ2) is 4.17. The Labute approximate surface area is 89.9 Å². The maximum atomic E-state index is 10.9. The lowest BCUT2D eigenvalue weighted by Crippen LogP contribution is -2.40. The van der Waals surface area contributed by atoms with Crippen LogP contribution >= 0.6 is 12.1 Å². The largest absolute Gasteiger partial charge is 0.340 e. The van der Waals surface area contributed by atoms with Crippen LogP contribution in [-0.4, -0.2) is 38.9 Å². The molecule has 0 spiro atoms. The predicted octanol–water partition coefficient (Wildman–Crippen LogP) is -0.805. The number of hydrogen-bond acceptors (Lipinski definition) is 6. The number of aromatic amines is 2. The van der Waals surface area contributed by atoms with Crippen LogP contribution in [0.2, 0.25) is 0 Å². The van der Waals surface area contributed by atoms with Crippen molar-refractivity contribution in [1.82, 2.24) is 24.2 Å². The predicted molar refractivity (Wildman–Crippen MR) is 54.9 cm³/mol. The lowest BCUT2D eigenvalue weighted by Gasteiger charge is -2.32. The van der Waals surface area contributed by atoms with E-state index < -0.39 is 0 Å². The molecule has 0 aromatic carbocycles. The molecule has 1 aromatic rings. The standard InChI is InChI=1S/C7H11N5O2S/c1-12-4(3-13)2-5(11-15-12)6-8-7(14)10-9-6/h3-5,11H,2H2,1H3,(H2,8,9,10,14). The van der Waals surface area contributed by atoms with Gasteiger partial charge < -0.3 is 4.79 Å². The highest BCUT2D eigenvalue weighted by Crippen LogP contribution is 2.26. The van der Waals surface area contributed by atoms with E-state index in [1.807, 2.05) is 11.4 Å². The minimum atomic E-state index is -0.335. The zero-order chi connectivity index (χ0) is 10.8. The fourth-order valence-corrected chi connectivity index (χ4v) is 2.18. The van der Waals surface area contributed by atoms with Crippen molar-refractivity contribution in [1.29, 1.82) is 0 Å². The highest BCUT2D eigenvalue weighted by atomic mass is 32.2. The van der Waals surface area contributed by atoms with Crippen molar-refractivity contribution in [2.45, 2.75) is 18.5 Å². The lowest BCUT2D eigenvalue weighted by molar-refractivity contribution is -0.111. The van der Waals surface area contributed by atoms with Crippen LogP contribution in [0.1, 0.15) is 18.3 Å². The van der Waals surface area contributed by atoms with Crippen LogP contribution < -0.4 is 10.4 Å². The summed E-state index contributed by atoms with van der Waals surface area (Å²) in [7, 11) is 1.83. The first-order valence-corrected chi connectivity index (χ1v) is 5.23. The van der Waals surface area contributed by atoms with Crippen molar-refractivity contribution in [2.75, 3.05) is 7.05 Å². The number of rotatable bonds is 2. The zero-order valence-corrected chi connectivity index (χ0v) is 8.87. The van der Waals surface area contributed by atoms with E-state index in [0.717, 1.165) is 6.29 Å². The third-order valence-corrected chi connectivity index (χ3v) is 3.24. The van der Waals surface area contributed by atoms with Gasteiger partial charge in [-0.3, -0.25) is 4.98 Å². The first-order chi connectivity index (χ1) is 7.20. The molecule has 8 heteroatoms. The molecule has 15 heavy (non-hydrogen) atoms. The van der Waals surface area contributed by atoms with E-state index in [2.05, 4.69) is 19.9 Å². The number of aromatic nitrogens is 3. The second-order valence-corrected chi connectivity index (χ2v) is 4.30. The van der Waals surface area contributed by atoms with Gasteiger partial charge in [-0.05, 0) is 13.5 Å². The molecule has 1 aliphatic rings. The normalized spacial score (nSPS) is 27.8. The van der Waals surface area contributed by atoms with Crippen LogP contribution in [0, 0.1) is 0 Å². The molecule has 0 radical (unpaired) electrons. The Morgan fingerprint density at radius 1 is 1.67 bits per heavy atom. The molecule has 0 bridgehead atoms. The van der Waals surface area contributed by atoms with Gasteiger partial charge in [0.2, 0.25) is 0 Å². The molecule has 1 fully saturated rings. The molecule has 2 heterocycles. The molecule has 2 rings (SSSR count). The second-order valence-electron chi connectivity index (χ2n) is 3.31. The third-order valence-electron chi connectivity index (χ3n) is 2.29. The van der Waals surface area contributed by atoms with Gasteiger partial charge in [0.25, 0.3) is 0 Å². The smallest absolute Gasteiger partial charge is 0.302 e. The Morgan fingerprint density at radius 2 is 2.47 bits per heavy atom. The zero-order valence-electron chi connectivity index (χ0n) is 8.06. The van der Waals surface area contributed by atoms with Crippen molar-refractivity contribution in [3.8, 4) is 0 Å². The van der Waals surface area contributed by atoms with Crippen molar-refractivity contribution in [3.63, 3.8) is 0 Å². The molecule has 0 amide bonds. The van der Waals surface area contributed by atoms with Gasteiger partial charge in [0.1, 0.15) is 12.1 Å². The molecule has 82 valence electrons. The van der Waals surface area contributed by atoms with Crippen LogP contribution in [0.4, 0.5) is 0 Å². The van der Waals surface area contributed by atoms with E-state index in [1.165, 1.54) is 12.1 Å². The molecular weight excluding hydrogens is 218 g/mol. The summed E-state index contributed by atoms with van der Waals surface area (Å²) in [5, 5.41) is 6.13. The molecule has 2 unspecified atom stereocenters. The topological polar surface area (TPSA) is 93.9 Å². The van der Waals surface area contributed by atoms with Crippen molar-refractivity contribution in [3.05, 3.63) is 16.3 Å². The Morgan fingerprint density at radius 3 is 3.07 bits per heavy atom. The monoisotopic (exact) mass is 229 g/mol. The Hall–Kier alpha value is -1.12. The van der Waals surface area contributed by atoms with E-state index in [9.17, 15) is 9.59 Å². The fourth-order valence-electron chi connectivity index (χ4n) is 1.41. The van der Waals surface area contributed by atoms with E-state index in [1.54, 1.807) is 0 Å². The van der Waals surface area contributed by atoms with Gasteiger partial charge in [0.15, 0.2) is 0 Å².